The molecule has 2 aromatic carbocycles. The van der Waals surface area contributed by atoms with Crippen molar-refractivity contribution in [2.75, 3.05) is 5.32 Å². The van der Waals surface area contributed by atoms with Gasteiger partial charge in [0.1, 0.15) is 11.6 Å². The Kier molecular flexibility index (Phi) is 4.18. The van der Waals surface area contributed by atoms with E-state index in [9.17, 15) is 18.4 Å². The van der Waals surface area contributed by atoms with Crippen LogP contribution < -0.4 is 11.1 Å². The van der Waals surface area contributed by atoms with Crippen LogP contribution in [0.25, 0.3) is 0 Å². The molecular weight excluding hydrogens is 302 g/mol. The molecule has 0 aromatic heterocycles. The molecule has 2 amide bonds. The Morgan fingerprint density at radius 2 is 1.67 bits per heavy atom. The van der Waals surface area contributed by atoms with Crippen LogP contribution in [0.3, 0.4) is 0 Å². The number of hydrogen-bond donors (Lipinski definition) is 2. The smallest absolute Gasteiger partial charge is 0.255 e. The van der Waals surface area contributed by atoms with E-state index in [2.05, 4.69) is 5.32 Å². The van der Waals surface area contributed by atoms with Crippen molar-refractivity contribution in [3.05, 3.63) is 64.2 Å². The summed E-state index contributed by atoms with van der Waals surface area (Å²) >= 11 is 5.83. The van der Waals surface area contributed by atoms with Gasteiger partial charge in [0, 0.05) is 17.3 Å². The topological polar surface area (TPSA) is 72.2 Å². The third-order valence-electron chi connectivity index (χ3n) is 2.62. The lowest BCUT2D eigenvalue weighted by Gasteiger charge is -2.07. The number of rotatable bonds is 3. The molecule has 0 fully saturated rings. The van der Waals surface area contributed by atoms with Gasteiger partial charge in [0.15, 0.2) is 0 Å². The molecule has 0 saturated heterocycles. The van der Waals surface area contributed by atoms with Crippen LogP contribution in [0, 0.1) is 11.6 Å². The van der Waals surface area contributed by atoms with Gasteiger partial charge in [-0.15, -0.1) is 0 Å². The van der Waals surface area contributed by atoms with Gasteiger partial charge in [-0.1, -0.05) is 11.6 Å². The molecule has 7 heteroatoms. The molecule has 3 N–H and O–H groups in total. The highest BCUT2D eigenvalue weighted by Crippen LogP contribution is 2.21. The maximum Gasteiger partial charge on any atom is 0.255 e. The number of carbonyl (C=O) groups is 2. The summed E-state index contributed by atoms with van der Waals surface area (Å²) in [6.45, 7) is 0. The summed E-state index contributed by atoms with van der Waals surface area (Å²) in [7, 11) is 0. The van der Waals surface area contributed by atoms with Gasteiger partial charge < -0.3 is 11.1 Å². The highest BCUT2D eigenvalue weighted by atomic mass is 35.5. The van der Waals surface area contributed by atoms with E-state index in [1.165, 1.54) is 18.2 Å². The summed E-state index contributed by atoms with van der Waals surface area (Å²) < 4.78 is 26.1. The number of nitrogens with two attached hydrogens (primary N) is 1. The monoisotopic (exact) mass is 310 g/mol. The van der Waals surface area contributed by atoms with E-state index < -0.39 is 23.4 Å². The van der Waals surface area contributed by atoms with Gasteiger partial charge in [-0.3, -0.25) is 9.59 Å². The van der Waals surface area contributed by atoms with E-state index in [1.54, 1.807) is 0 Å². The SMILES string of the molecule is NC(=O)c1ccc(NC(=O)c2cc(F)cc(F)c2)cc1Cl. The Balaban J connectivity index is 2.23. The fourth-order valence-electron chi connectivity index (χ4n) is 1.68. The molecule has 108 valence electrons. The van der Waals surface area contributed by atoms with Gasteiger partial charge in [0.2, 0.25) is 5.91 Å². The fraction of sp³-hybridized carbons (Fsp3) is 0. The third kappa shape index (κ3) is 3.55. The Morgan fingerprint density at radius 3 is 2.19 bits per heavy atom. The van der Waals surface area contributed by atoms with Crippen LogP contribution in [-0.4, -0.2) is 11.8 Å². The molecule has 4 nitrogen and oxygen atoms in total. The van der Waals surface area contributed by atoms with Crippen LogP contribution >= 0.6 is 11.6 Å². The van der Waals surface area contributed by atoms with Crippen molar-refractivity contribution in [2.24, 2.45) is 5.73 Å². The summed E-state index contributed by atoms with van der Waals surface area (Å²) in [6, 6.07) is 6.52. The highest BCUT2D eigenvalue weighted by Gasteiger charge is 2.12. The van der Waals surface area contributed by atoms with Crippen LogP contribution in [0.5, 0.6) is 0 Å². The van der Waals surface area contributed by atoms with Crippen molar-refractivity contribution in [3.8, 4) is 0 Å². The molecule has 0 radical (unpaired) electrons. The minimum Gasteiger partial charge on any atom is -0.366 e. The van der Waals surface area contributed by atoms with Gasteiger partial charge in [-0.2, -0.15) is 0 Å². The van der Waals surface area contributed by atoms with Gasteiger partial charge >= 0.3 is 0 Å². The molecule has 0 unspecified atom stereocenters. The lowest BCUT2D eigenvalue weighted by molar-refractivity contribution is 0.0998. The number of benzene rings is 2. The van der Waals surface area contributed by atoms with E-state index in [0.29, 0.717) is 6.07 Å². The molecule has 0 aliphatic rings. The maximum absolute atomic E-state index is 13.0. The van der Waals surface area contributed by atoms with Crippen LogP contribution in [-0.2, 0) is 0 Å². The molecule has 2 rings (SSSR count). The maximum atomic E-state index is 13.0. The minimum absolute atomic E-state index is 0.0609. The van der Waals surface area contributed by atoms with E-state index in [4.69, 9.17) is 17.3 Å². The Hall–Kier alpha value is -2.47. The summed E-state index contributed by atoms with van der Waals surface area (Å²) in [5, 5.41) is 2.47. The Bertz CT molecular complexity index is 715. The summed E-state index contributed by atoms with van der Waals surface area (Å²) in [5.74, 6) is -3.13. The van der Waals surface area contributed by atoms with Crippen LogP contribution in [0.1, 0.15) is 20.7 Å². The van der Waals surface area contributed by atoms with Crippen molar-refractivity contribution >= 4 is 29.1 Å². The van der Waals surface area contributed by atoms with Gasteiger partial charge in [-0.25, -0.2) is 8.78 Å². The predicted molar refractivity (Wildman–Crippen MR) is 74.3 cm³/mol. The largest absolute Gasteiger partial charge is 0.366 e. The summed E-state index contributed by atoms with van der Waals surface area (Å²) in [4.78, 5) is 22.9. The molecule has 0 atom stereocenters. The quantitative estimate of drug-likeness (QED) is 0.914. The van der Waals surface area contributed by atoms with Crippen LogP contribution in [0.15, 0.2) is 36.4 Å². The van der Waals surface area contributed by atoms with E-state index in [0.717, 1.165) is 12.1 Å². The second-order valence-corrected chi connectivity index (χ2v) is 4.58. The zero-order chi connectivity index (χ0) is 15.6. The van der Waals surface area contributed by atoms with Gasteiger partial charge in [-0.05, 0) is 30.3 Å². The number of carbonyl (C=O) groups excluding carboxylic acids is 2. The highest BCUT2D eigenvalue weighted by molar-refractivity contribution is 6.34. The lowest BCUT2D eigenvalue weighted by atomic mass is 10.1. The molecule has 2 aromatic rings. The van der Waals surface area contributed by atoms with Crippen molar-refractivity contribution in [2.45, 2.75) is 0 Å². The Labute approximate surface area is 123 Å². The number of hydrogen-bond acceptors (Lipinski definition) is 2. The van der Waals surface area contributed by atoms with Gasteiger partial charge in [0.05, 0.1) is 10.6 Å². The van der Waals surface area contributed by atoms with Gasteiger partial charge in [0.25, 0.3) is 5.91 Å². The zero-order valence-corrected chi connectivity index (χ0v) is 11.2. The lowest BCUT2D eigenvalue weighted by Crippen LogP contribution is -2.14. The molecule has 0 bridgehead atoms. The molecule has 0 aliphatic heterocycles. The zero-order valence-electron chi connectivity index (χ0n) is 10.5. The first kappa shape index (κ1) is 14.9. The molecular formula is C14H9ClF2N2O2. The first-order valence-corrected chi connectivity index (χ1v) is 6.11. The standard InChI is InChI=1S/C14H9ClF2N2O2/c15-12-6-10(1-2-11(12)13(18)20)19-14(21)7-3-8(16)5-9(17)4-7/h1-6H,(H2,18,20)(H,19,21). The van der Waals surface area contributed by atoms with Crippen molar-refractivity contribution < 1.29 is 18.4 Å². The van der Waals surface area contributed by atoms with Crippen molar-refractivity contribution in [1.82, 2.24) is 0 Å². The normalized spacial score (nSPS) is 10.2. The van der Waals surface area contributed by atoms with Crippen LogP contribution in [0.2, 0.25) is 5.02 Å². The molecule has 0 spiro atoms. The van der Waals surface area contributed by atoms with Crippen LogP contribution in [0.4, 0.5) is 14.5 Å². The fourth-order valence-corrected chi connectivity index (χ4v) is 1.95. The second kappa shape index (κ2) is 5.88. The van der Waals surface area contributed by atoms with Crippen molar-refractivity contribution in [1.29, 1.82) is 0 Å². The van der Waals surface area contributed by atoms with E-state index in [1.807, 2.05) is 0 Å². The van der Waals surface area contributed by atoms with E-state index in [-0.39, 0.29) is 21.8 Å². The number of primary amides is 1. The third-order valence-corrected chi connectivity index (χ3v) is 2.93. The average Bonchev–Trinajstić information content (AvgIpc) is 2.37. The predicted octanol–water partition coefficient (Wildman–Crippen LogP) is 2.97. The molecule has 21 heavy (non-hydrogen) atoms. The van der Waals surface area contributed by atoms with E-state index >= 15 is 0 Å². The summed E-state index contributed by atoms with van der Waals surface area (Å²) in [5.41, 5.74) is 5.28. The van der Waals surface area contributed by atoms with Crippen molar-refractivity contribution in [3.63, 3.8) is 0 Å². The molecule has 0 heterocycles. The number of amides is 2. The molecule has 0 aliphatic carbocycles. The number of halogens is 3. The average molecular weight is 311 g/mol. The first-order chi connectivity index (χ1) is 9.86. The first-order valence-electron chi connectivity index (χ1n) is 5.73. The molecule has 0 saturated carbocycles. The number of nitrogens with one attached hydrogen (secondary N) is 1. The minimum atomic E-state index is -0.859. The second-order valence-electron chi connectivity index (χ2n) is 4.17. The summed E-state index contributed by atoms with van der Waals surface area (Å²) in [6.07, 6.45) is 0. The Morgan fingerprint density at radius 1 is 1.05 bits per heavy atom. The number of anilines is 1.